The van der Waals surface area contributed by atoms with Crippen molar-refractivity contribution in [2.75, 3.05) is 0 Å². The van der Waals surface area contributed by atoms with Gasteiger partial charge in [-0.2, -0.15) is 0 Å². The van der Waals surface area contributed by atoms with Gasteiger partial charge in [0.05, 0.1) is 0 Å². The molecule has 0 aliphatic rings. The number of hydrogen-bond acceptors (Lipinski definition) is 1. The van der Waals surface area contributed by atoms with Crippen LogP contribution in [0.25, 0.3) is 4.75 Å². The molecule has 0 radical (unpaired) electrons. The Morgan fingerprint density at radius 1 is 0.538 bits per heavy atom. The van der Waals surface area contributed by atoms with Gasteiger partial charge in [-0.3, -0.25) is 0 Å². The molecule has 0 saturated carbocycles. The second kappa shape index (κ2) is 14.5. The molecule has 4 aromatic rings. The molecular formula is C32H42N2P2Si2Yb. The Morgan fingerprint density at radius 3 is 1.13 bits per heavy atom. The molecule has 0 spiro atoms. The third-order valence-corrected chi connectivity index (χ3v) is 20.2. The van der Waals surface area contributed by atoms with Crippen LogP contribution < -0.4 is 21.2 Å². The van der Waals surface area contributed by atoms with E-state index in [1.165, 1.54) is 21.2 Å². The van der Waals surface area contributed by atoms with E-state index in [4.69, 9.17) is 9.16 Å². The third-order valence-electron chi connectivity index (χ3n) is 5.85. The molecule has 0 bridgehead atoms. The number of nitrogens with zero attached hydrogens (tertiary/aromatic N) is 2. The molecular weight excluding hydrogens is 704 g/mol. The fraction of sp³-hybridized carbons (Fsp3) is 0.188. The average molecular weight is 746 g/mol. The molecule has 0 aliphatic carbocycles. The Morgan fingerprint density at radius 2 is 0.846 bits per heavy atom. The van der Waals surface area contributed by atoms with Gasteiger partial charge in [-0.15, -0.1) is 7.04 Å². The molecule has 0 aliphatic heterocycles. The van der Waals surface area contributed by atoms with Gasteiger partial charge in [-0.05, 0) is 21.2 Å². The van der Waals surface area contributed by atoms with Crippen LogP contribution in [-0.2, 0) is 0 Å². The van der Waals surface area contributed by atoms with E-state index >= 15 is 0 Å². The van der Waals surface area contributed by atoms with Crippen molar-refractivity contribution in [2.45, 2.75) is 39.3 Å². The third kappa shape index (κ3) is 8.66. The molecule has 7 heteroatoms. The van der Waals surface area contributed by atoms with Crippen LogP contribution in [0.4, 0.5) is 0 Å². The van der Waals surface area contributed by atoms with Crippen molar-refractivity contribution in [1.82, 2.24) is 0 Å². The van der Waals surface area contributed by atoms with E-state index in [1.54, 1.807) is 0 Å². The van der Waals surface area contributed by atoms with Gasteiger partial charge in [0.2, 0.25) is 0 Å². The summed E-state index contributed by atoms with van der Waals surface area (Å²) in [6.45, 7) is 14.2. The Kier molecular flexibility index (Phi) is 12.8. The van der Waals surface area contributed by atoms with E-state index in [0.717, 1.165) is 0 Å². The van der Waals surface area contributed by atoms with Crippen molar-refractivity contribution in [3.05, 3.63) is 134 Å². The first-order chi connectivity index (χ1) is 17.5. The zero-order valence-corrected chi connectivity index (χ0v) is 29.7. The van der Waals surface area contributed by atoms with Crippen LogP contribution in [-0.4, -0.2) is 22.0 Å². The van der Waals surface area contributed by atoms with Crippen molar-refractivity contribution in [1.29, 1.82) is 0 Å². The summed E-state index contributed by atoms with van der Waals surface area (Å²) in [5.41, 5.74) is 2.69. The summed E-state index contributed by atoms with van der Waals surface area (Å²) >= 11 is 0. The molecule has 0 amide bonds. The minimum Gasteiger partial charge on any atom is -0.631 e. The maximum absolute atomic E-state index is 5.92. The average Bonchev–Trinajstić information content (AvgIpc) is 2.88. The number of hydrogen-bond donors (Lipinski definition) is 0. The summed E-state index contributed by atoms with van der Waals surface area (Å²) in [7, 11) is -8.42. The van der Waals surface area contributed by atoms with Crippen LogP contribution in [0.15, 0.2) is 126 Å². The van der Waals surface area contributed by atoms with Crippen molar-refractivity contribution in [3.63, 3.8) is 0 Å². The van der Waals surface area contributed by atoms with Crippen LogP contribution in [0.5, 0.6) is 0 Å². The summed E-state index contributed by atoms with van der Waals surface area (Å²) < 4.78 is 11.8. The predicted octanol–water partition coefficient (Wildman–Crippen LogP) is 8.68. The van der Waals surface area contributed by atoms with Crippen molar-refractivity contribution in [2.24, 2.45) is 4.41 Å². The van der Waals surface area contributed by atoms with Crippen LogP contribution in [0, 0.1) is 54.4 Å². The number of benzene rings is 4. The van der Waals surface area contributed by atoms with Gasteiger partial charge in [0.1, 0.15) is 0 Å². The van der Waals surface area contributed by atoms with Gasteiger partial charge in [-0.1, -0.05) is 174 Å². The van der Waals surface area contributed by atoms with E-state index in [2.05, 4.69) is 166 Å². The van der Waals surface area contributed by atoms with Crippen LogP contribution in [0.3, 0.4) is 0 Å². The molecule has 0 heterocycles. The topological polar surface area (TPSA) is 26.5 Å². The summed E-state index contributed by atoms with van der Waals surface area (Å²) in [6, 6.07) is 44.1. The van der Waals surface area contributed by atoms with E-state index < -0.39 is 30.6 Å². The smallest absolute Gasteiger partial charge is 0.631 e. The van der Waals surface area contributed by atoms with Crippen LogP contribution >= 0.6 is 14.1 Å². The second-order valence-electron chi connectivity index (χ2n) is 11.4. The minimum absolute atomic E-state index is 0. The first-order valence-electron chi connectivity index (χ1n) is 12.9. The summed E-state index contributed by atoms with van der Waals surface area (Å²) in [5.74, 6) is 0. The molecule has 0 saturated heterocycles. The fourth-order valence-electron chi connectivity index (χ4n) is 4.66. The summed E-state index contributed by atoms with van der Waals surface area (Å²) in [5, 5.41) is 5.24. The molecule has 39 heavy (non-hydrogen) atoms. The monoisotopic (exact) mass is 746 g/mol. The first-order valence-corrected chi connectivity index (χ1v) is 23.4. The molecule has 212 valence electrons. The summed E-state index contributed by atoms with van der Waals surface area (Å²) in [6.07, 6.45) is 0. The van der Waals surface area contributed by atoms with Crippen LogP contribution in [0.2, 0.25) is 39.3 Å². The molecule has 4 aromatic carbocycles. The molecule has 0 aromatic heterocycles. The zero-order valence-electron chi connectivity index (χ0n) is 24.2. The standard InChI is InChI=1S/C31H39N2P2Si2.CH3.Yb/c1-36(2,3)32-34(28-19-11-7-12-20-28,29-21-13-8-14-22-29)27-35(33-37(4,5)6,30-23-15-9-16-24-30)31-25-17-10-18-26-31;;/h7-27H,1-6H3;1H3;/q2*-1;+2. The van der Waals surface area contributed by atoms with Crippen molar-refractivity contribution < 1.29 is 46.9 Å². The van der Waals surface area contributed by atoms with E-state index in [0.29, 0.717) is 0 Å². The van der Waals surface area contributed by atoms with E-state index in [9.17, 15) is 0 Å². The van der Waals surface area contributed by atoms with Crippen molar-refractivity contribution in [3.8, 4) is 0 Å². The quantitative estimate of drug-likeness (QED) is 0.0982. The Balaban J connectivity index is 0.00000267. The molecule has 4 rings (SSSR count). The minimum atomic E-state index is -2.32. The molecule has 0 N–H and O–H groups in total. The number of rotatable bonds is 8. The molecule has 0 unspecified atom stereocenters. The molecule has 0 atom stereocenters. The van der Waals surface area contributed by atoms with Gasteiger partial charge >= 0.3 is 46.9 Å². The molecule has 0 fully saturated rings. The second-order valence-corrected chi connectivity index (χ2v) is 27.4. The maximum Gasteiger partial charge on any atom is 2.00 e. The van der Waals surface area contributed by atoms with Gasteiger partial charge in [0.25, 0.3) is 0 Å². The largest absolute Gasteiger partial charge is 2.00 e. The Bertz CT molecular complexity index is 1330. The van der Waals surface area contributed by atoms with E-state index in [-0.39, 0.29) is 54.4 Å². The normalized spacial score (nSPS) is 12.1. The van der Waals surface area contributed by atoms with Gasteiger partial charge in [0.15, 0.2) is 8.24 Å². The Hall–Kier alpha value is -0.677. The van der Waals surface area contributed by atoms with E-state index in [1.807, 2.05) is 0 Å². The van der Waals surface area contributed by atoms with Gasteiger partial charge < -0.3 is 16.6 Å². The predicted molar refractivity (Wildman–Crippen MR) is 183 cm³/mol. The first kappa shape index (κ1) is 34.5. The maximum atomic E-state index is 5.92. The molecule has 2 nitrogen and oxygen atoms in total. The van der Waals surface area contributed by atoms with Gasteiger partial charge in [0, 0.05) is 7.05 Å². The Labute approximate surface area is 278 Å². The summed E-state index contributed by atoms with van der Waals surface area (Å²) in [4.78, 5) is 0. The van der Waals surface area contributed by atoms with Crippen LogP contribution in [0.1, 0.15) is 0 Å². The van der Waals surface area contributed by atoms with Gasteiger partial charge in [-0.25, -0.2) is 0 Å². The fourth-order valence-corrected chi connectivity index (χ4v) is 22.6. The van der Waals surface area contributed by atoms with Crippen molar-refractivity contribution >= 4 is 57.3 Å². The SMILES string of the molecule is C[Si](C)(C)N=P(C=P([N-][Si](C)(C)C)(c1ccccc1)c1ccccc1)(c1ccccc1)c1ccccc1.[CH3-].[Yb+2]. The zero-order chi connectivity index (χ0) is 26.6.